The first-order chi connectivity index (χ1) is 21.0. The van der Waals surface area contributed by atoms with Crippen molar-refractivity contribution in [3.05, 3.63) is 12.2 Å². The van der Waals surface area contributed by atoms with Crippen LogP contribution in [0.1, 0.15) is 86.0 Å². The third-order valence-corrected chi connectivity index (χ3v) is 15.8. The molecule has 0 heterocycles. The summed E-state index contributed by atoms with van der Waals surface area (Å²) >= 11 is 0. The molecule has 11 atom stereocenters. The molecule has 4 saturated carbocycles. The van der Waals surface area contributed by atoms with Gasteiger partial charge in [0.25, 0.3) is 0 Å². The number of hydrogen-bond acceptors (Lipinski definition) is 5. The van der Waals surface area contributed by atoms with Crippen LogP contribution in [0.25, 0.3) is 0 Å². The van der Waals surface area contributed by atoms with Gasteiger partial charge in [-0.05, 0) is 157 Å². The first kappa shape index (κ1) is 38.5. The Morgan fingerprint density at radius 3 is 1.98 bits per heavy atom. The second-order valence-electron chi connectivity index (χ2n) is 19.7. The highest BCUT2D eigenvalue weighted by atomic mass is 28.4. The Morgan fingerprint density at radius 2 is 1.43 bits per heavy atom. The first-order valence-corrected chi connectivity index (χ1v) is 29.0. The number of esters is 1. The molecule has 0 aromatic rings. The summed E-state index contributed by atoms with van der Waals surface area (Å²) in [4.78, 5) is 14.4. The summed E-state index contributed by atoms with van der Waals surface area (Å²) in [6.45, 7) is 33.1. The topological polar surface area (TPSA) is 54.0 Å². The van der Waals surface area contributed by atoms with Gasteiger partial charge in [-0.25, -0.2) is 0 Å². The number of allylic oxidation sites excluding steroid dienone is 2. The minimum Gasteiger partial charge on any atom is -0.469 e. The number of rotatable bonds is 11. The summed E-state index contributed by atoms with van der Waals surface area (Å²) in [6.07, 6.45) is 13.4. The zero-order valence-electron chi connectivity index (χ0n) is 32.5. The molecular formula is C38H72O5Si3. The van der Waals surface area contributed by atoms with Crippen molar-refractivity contribution < 1.29 is 22.8 Å². The van der Waals surface area contributed by atoms with E-state index < -0.39 is 30.4 Å². The molecule has 0 aromatic heterocycles. The first-order valence-electron chi connectivity index (χ1n) is 18.8. The second kappa shape index (κ2) is 13.5. The van der Waals surface area contributed by atoms with Gasteiger partial charge in [-0.2, -0.15) is 0 Å². The van der Waals surface area contributed by atoms with Crippen LogP contribution in [0.2, 0.25) is 58.9 Å². The molecular weight excluding hydrogens is 621 g/mol. The molecule has 0 aromatic carbocycles. The molecule has 4 aliphatic carbocycles. The highest BCUT2D eigenvalue weighted by Gasteiger charge is 2.72. The van der Waals surface area contributed by atoms with Gasteiger partial charge in [-0.1, -0.05) is 46.8 Å². The van der Waals surface area contributed by atoms with E-state index in [-0.39, 0.29) is 35.1 Å². The lowest BCUT2D eigenvalue weighted by Crippen LogP contribution is -2.69. The van der Waals surface area contributed by atoms with Gasteiger partial charge in [0.15, 0.2) is 25.0 Å². The molecule has 4 rings (SSSR count). The molecule has 0 saturated heterocycles. The van der Waals surface area contributed by atoms with Crippen LogP contribution in [-0.2, 0) is 22.8 Å². The van der Waals surface area contributed by atoms with Crippen molar-refractivity contribution >= 4 is 30.9 Å². The minimum absolute atomic E-state index is 0.0348. The zero-order valence-corrected chi connectivity index (χ0v) is 35.5. The van der Waals surface area contributed by atoms with Crippen molar-refractivity contribution in [3.63, 3.8) is 0 Å². The van der Waals surface area contributed by atoms with E-state index in [1.165, 1.54) is 12.8 Å². The van der Waals surface area contributed by atoms with Gasteiger partial charge in [-0.3, -0.25) is 4.79 Å². The van der Waals surface area contributed by atoms with Crippen LogP contribution in [0.4, 0.5) is 0 Å². The maximum Gasteiger partial charge on any atom is 0.312 e. The fourth-order valence-electron chi connectivity index (χ4n) is 11.2. The maximum absolute atomic E-state index is 14.4. The van der Waals surface area contributed by atoms with Crippen LogP contribution in [0, 0.1) is 51.8 Å². The van der Waals surface area contributed by atoms with Crippen molar-refractivity contribution in [1.82, 2.24) is 0 Å². The number of carbonyl (C=O) groups is 1. The molecule has 0 amide bonds. The van der Waals surface area contributed by atoms with Gasteiger partial charge in [0.05, 0.1) is 18.6 Å². The predicted octanol–water partition coefficient (Wildman–Crippen LogP) is 10.3. The molecule has 0 bridgehead atoms. The Bertz CT molecular complexity index is 1110. The van der Waals surface area contributed by atoms with E-state index in [0.717, 1.165) is 38.5 Å². The lowest BCUT2D eigenvalue weighted by molar-refractivity contribution is -0.238. The molecule has 46 heavy (non-hydrogen) atoms. The maximum atomic E-state index is 14.4. The summed E-state index contributed by atoms with van der Waals surface area (Å²) < 4.78 is 27.3. The Hall–Kier alpha value is -0.259. The van der Waals surface area contributed by atoms with Crippen LogP contribution in [0.15, 0.2) is 12.2 Å². The van der Waals surface area contributed by atoms with Crippen LogP contribution < -0.4 is 0 Å². The molecule has 0 unspecified atom stereocenters. The lowest BCUT2D eigenvalue weighted by Gasteiger charge is -2.68. The molecule has 0 aliphatic heterocycles. The minimum atomic E-state index is -1.94. The zero-order chi connectivity index (χ0) is 34.7. The quantitative estimate of drug-likeness (QED) is 0.123. The third kappa shape index (κ3) is 7.57. The Morgan fingerprint density at radius 1 is 0.826 bits per heavy atom. The van der Waals surface area contributed by atoms with Gasteiger partial charge >= 0.3 is 5.97 Å². The number of carbonyl (C=O) groups excluding carboxylic acids is 1. The Labute approximate surface area is 287 Å². The second-order valence-corrected chi connectivity index (χ2v) is 33.1. The summed E-state index contributed by atoms with van der Waals surface area (Å²) in [5.74, 6) is 3.08. The van der Waals surface area contributed by atoms with E-state index in [1.807, 2.05) is 0 Å². The Balaban J connectivity index is 1.85. The van der Waals surface area contributed by atoms with E-state index in [0.29, 0.717) is 35.5 Å². The monoisotopic (exact) mass is 692 g/mol. The summed E-state index contributed by atoms with van der Waals surface area (Å²) in [6, 6.07) is 0. The molecule has 5 nitrogen and oxygen atoms in total. The molecule has 266 valence electrons. The van der Waals surface area contributed by atoms with E-state index in [1.54, 1.807) is 7.11 Å². The highest BCUT2D eigenvalue weighted by Crippen LogP contribution is 2.72. The Kier molecular flexibility index (Phi) is 11.3. The van der Waals surface area contributed by atoms with Crippen LogP contribution >= 0.6 is 0 Å². The molecule has 0 spiro atoms. The van der Waals surface area contributed by atoms with E-state index in [9.17, 15) is 4.79 Å². The van der Waals surface area contributed by atoms with Crippen LogP contribution in [-0.4, -0.2) is 56.3 Å². The molecule has 0 N–H and O–H groups in total. The predicted molar refractivity (Wildman–Crippen MR) is 199 cm³/mol. The van der Waals surface area contributed by atoms with Crippen molar-refractivity contribution in [2.75, 3.05) is 7.11 Å². The van der Waals surface area contributed by atoms with Gasteiger partial charge in [0.2, 0.25) is 0 Å². The highest BCUT2D eigenvalue weighted by molar-refractivity contribution is 6.70. The fraction of sp³-hybridized carbons (Fsp3) is 0.921. The normalized spacial score (nSPS) is 40.8. The van der Waals surface area contributed by atoms with Crippen molar-refractivity contribution in [2.24, 2.45) is 51.8 Å². The molecule has 0 radical (unpaired) electrons. The molecule has 8 heteroatoms. The SMILES string of the molecule is COC(=O)[C@@]12C[C@H](O[Si](C)(C)C)CC[C@]1(C)[C@H]1C[C@H](O[Si](C)(C)C)[C@]3(C)[C@@H]([C@H](C)C/C=C\C(C)C)CC[C@H]3[C@@H]1[C@H](O[Si](C)(C)C)C2. The molecule has 4 aliphatic rings. The van der Waals surface area contributed by atoms with Gasteiger partial charge in [-0.15, -0.1) is 0 Å². The van der Waals surface area contributed by atoms with E-state index in [2.05, 4.69) is 106 Å². The number of methoxy groups -OCH3 is 1. The van der Waals surface area contributed by atoms with Crippen LogP contribution in [0.3, 0.4) is 0 Å². The van der Waals surface area contributed by atoms with Gasteiger partial charge in [0.1, 0.15) is 0 Å². The number of hydrogen-bond donors (Lipinski definition) is 0. The number of fused-ring (bicyclic) bond motifs is 5. The standard InChI is InChI=1S/C38H72O5Si3/c1-26(2)17-16-18-27(3)29-19-20-30-34-31(23-33(37(29,30)5)43-46(13,14)15)36(4)22-21-28(41-44(7,8)9)24-38(36,35(39)40-6)25-32(34)42-45(10,11)12/h16-17,26-34H,18-25H2,1-15H3/b17-16-/t27-,28-,29-,30+,31+,32-,33+,34+,36-,37-,38+/m1/s1. The van der Waals surface area contributed by atoms with Crippen molar-refractivity contribution in [3.8, 4) is 0 Å². The summed E-state index contributed by atoms with van der Waals surface area (Å²) in [5.41, 5.74) is -0.705. The van der Waals surface area contributed by atoms with Gasteiger partial charge < -0.3 is 18.0 Å². The lowest BCUT2D eigenvalue weighted by atomic mass is 9.38. The average molecular weight is 693 g/mol. The van der Waals surface area contributed by atoms with E-state index >= 15 is 0 Å². The number of ether oxygens (including phenoxy) is 1. The smallest absolute Gasteiger partial charge is 0.312 e. The fourth-order valence-corrected chi connectivity index (χ4v) is 14.8. The van der Waals surface area contributed by atoms with Crippen molar-refractivity contribution in [1.29, 1.82) is 0 Å². The molecule has 4 fully saturated rings. The summed E-state index contributed by atoms with van der Waals surface area (Å²) in [7, 11) is -3.99. The van der Waals surface area contributed by atoms with Crippen LogP contribution in [0.5, 0.6) is 0 Å². The van der Waals surface area contributed by atoms with Gasteiger partial charge in [0, 0.05) is 12.2 Å². The average Bonchev–Trinajstić information content (AvgIpc) is 3.24. The largest absolute Gasteiger partial charge is 0.469 e. The summed E-state index contributed by atoms with van der Waals surface area (Å²) in [5, 5.41) is 0. The van der Waals surface area contributed by atoms with Crippen molar-refractivity contribution in [2.45, 2.75) is 163 Å². The third-order valence-electron chi connectivity index (χ3n) is 12.7. The van der Waals surface area contributed by atoms with E-state index in [4.69, 9.17) is 18.0 Å².